The summed E-state index contributed by atoms with van der Waals surface area (Å²) in [6, 6.07) is 0. The Morgan fingerprint density at radius 2 is 2.00 bits per heavy atom. The van der Waals surface area contributed by atoms with Crippen LogP contribution in [0.15, 0.2) is 0 Å². The molecule has 1 atom stereocenters. The van der Waals surface area contributed by atoms with E-state index in [1.807, 2.05) is 0 Å². The van der Waals surface area contributed by atoms with Crippen LogP contribution in [-0.2, 0) is 4.79 Å². The summed E-state index contributed by atoms with van der Waals surface area (Å²) in [6.07, 6.45) is -4.60. The minimum atomic E-state index is -4.21. The van der Waals surface area contributed by atoms with E-state index in [2.05, 4.69) is 15.9 Å². The van der Waals surface area contributed by atoms with Crippen LogP contribution >= 0.6 is 15.9 Å². The third kappa shape index (κ3) is 5.47. The minimum absolute atomic E-state index is 0.287. The van der Waals surface area contributed by atoms with E-state index < -0.39 is 12.6 Å². The monoisotopic (exact) mass is 275 g/mol. The van der Waals surface area contributed by atoms with Crippen LogP contribution in [0, 0.1) is 0 Å². The smallest absolute Gasteiger partial charge is 0.344 e. The number of amides is 1. The molecule has 0 spiro atoms. The number of carbonyl (C=O) groups excluding carboxylic acids is 1. The maximum Gasteiger partial charge on any atom is 0.390 e. The largest absolute Gasteiger partial charge is 0.390 e. The topological polar surface area (TPSA) is 20.3 Å². The van der Waals surface area contributed by atoms with Crippen molar-refractivity contribution in [3.63, 3.8) is 0 Å². The van der Waals surface area contributed by atoms with Gasteiger partial charge in [0.2, 0.25) is 5.91 Å². The van der Waals surface area contributed by atoms with Crippen LogP contribution in [0.1, 0.15) is 19.8 Å². The molecule has 84 valence electrons. The summed E-state index contributed by atoms with van der Waals surface area (Å²) in [6.45, 7) is 1.50. The number of rotatable bonds is 4. The molecule has 1 unspecified atom stereocenters. The normalized spacial score (nSPS) is 13.9. The summed E-state index contributed by atoms with van der Waals surface area (Å²) in [5.74, 6) is -0.309. The summed E-state index contributed by atoms with van der Waals surface area (Å²) in [5, 5.41) is 0. The van der Waals surface area contributed by atoms with Crippen LogP contribution in [0.2, 0.25) is 0 Å². The van der Waals surface area contributed by atoms with E-state index >= 15 is 0 Å². The zero-order chi connectivity index (χ0) is 11.4. The lowest BCUT2D eigenvalue weighted by Gasteiger charge is -2.20. The van der Waals surface area contributed by atoms with Gasteiger partial charge in [-0.15, -0.1) is 0 Å². The van der Waals surface area contributed by atoms with E-state index in [4.69, 9.17) is 0 Å². The van der Waals surface area contributed by atoms with Crippen molar-refractivity contribution in [1.82, 2.24) is 4.90 Å². The van der Waals surface area contributed by atoms with Crippen molar-refractivity contribution < 1.29 is 18.0 Å². The molecule has 0 aliphatic rings. The summed E-state index contributed by atoms with van der Waals surface area (Å²) in [7, 11) is 1.37. The van der Waals surface area contributed by atoms with Crippen molar-refractivity contribution in [1.29, 1.82) is 0 Å². The number of hydrogen-bond donors (Lipinski definition) is 0. The second kappa shape index (κ2) is 5.58. The SMILES string of the molecule is CCC(Br)C(=O)N(C)CCC(F)(F)F. The maximum atomic E-state index is 11.8. The van der Waals surface area contributed by atoms with Crippen LogP contribution in [0.4, 0.5) is 13.2 Å². The van der Waals surface area contributed by atoms with Gasteiger partial charge >= 0.3 is 6.18 Å². The van der Waals surface area contributed by atoms with Gasteiger partial charge in [0.05, 0.1) is 11.2 Å². The van der Waals surface area contributed by atoms with Crippen LogP contribution in [0.5, 0.6) is 0 Å². The molecule has 14 heavy (non-hydrogen) atoms. The Hall–Kier alpha value is -0.260. The third-order valence-electron chi connectivity index (χ3n) is 1.73. The highest BCUT2D eigenvalue weighted by atomic mass is 79.9. The lowest BCUT2D eigenvalue weighted by atomic mass is 10.3. The van der Waals surface area contributed by atoms with Gasteiger partial charge in [-0.3, -0.25) is 4.79 Å². The van der Waals surface area contributed by atoms with E-state index in [9.17, 15) is 18.0 Å². The summed E-state index contributed by atoms with van der Waals surface area (Å²) in [4.78, 5) is 12.0. The number of alkyl halides is 4. The van der Waals surface area contributed by atoms with Gasteiger partial charge in [0.15, 0.2) is 0 Å². The van der Waals surface area contributed by atoms with Gasteiger partial charge in [-0.1, -0.05) is 22.9 Å². The Kier molecular flexibility index (Phi) is 5.48. The van der Waals surface area contributed by atoms with Gasteiger partial charge in [0.25, 0.3) is 0 Å². The third-order valence-corrected chi connectivity index (χ3v) is 2.77. The molecule has 0 heterocycles. The molecular formula is C8H13BrF3NO. The molecule has 0 N–H and O–H groups in total. The first kappa shape index (κ1) is 13.7. The number of halogens is 4. The van der Waals surface area contributed by atoms with Crippen molar-refractivity contribution in [3.8, 4) is 0 Å². The summed E-state index contributed by atoms with van der Waals surface area (Å²) < 4.78 is 35.4. The van der Waals surface area contributed by atoms with Gasteiger partial charge in [-0.2, -0.15) is 13.2 Å². The fraction of sp³-hybridized carbons (Fsp3) is 0.875. The molecule has 0 fully saturated rings. The first-order valence-corrected chi connectivity index (χ1v) is 5.15. The van der Waals surface area contributed by atoms with Crippen molar-refractivity contribution in [3.05, 3.63) is 0 Å². The van der Waals surface area contributed by atoms with Gasteiger partial charge in [0.1, 0.15) is 0 Å². The highest BCUT2D eigenvalue weighted by molar-refractivity contribution is 9.10. The molecule has 0 aromatic rings. The Balaban J connectivity index is 3.97. The predicted molar refractivity (Wildman–Crippen MR) is 51.3 cm³/mol. The Morgan fingerprint density at radius 3 is 2.36 bits per heavy atom. The van der Waals surface area contributed by atoms with Gasteiger partial charge in [0, 0.05) is 13.6 Å². The van der Waals surface area contributed by atoms with Crippen LogP contribution < -0.4 is 0 Å². The molecule has 0 saturated carbocycles. The molecule has 1 amide bonds. The molecule has 0 rings (SSSR count). The van der Waals surface area contributed by atoms with E-state index in [0.29, 0.717) is 6.42 Å². The van der Waals surface area contributed by atoms with E-state index in [1.165, 1.54) is 7.05 Å². The molecule has 0 saturated heterocycles. The second-order valence-corrected chi connectivity index (χ2v) is 4.11. The highest BCUT2D eigenvalue weighted by Crippen LogP contribution is 2.20. The highest BCUT2D eigenvalue weighted by Gasteiger charge is 2.28. The lowest BCUT2D eigenvalue weighted by molar-refractivity contribution is -0.143. The molecule has 0 aromatic carbocycles. The van der Waals surface area contributed by atoms with Crippen molar-refractivity contribution in [2.45, 2.75) is 30.8 Å². The van der Waals surface area contributed by atoms with Crippen molar-refractivity contribution in [2.24, 2.45) is 0 Å². The molecular weight excluding hydrogens is 263 g/mol. The van der Waals surface area contributed by atoms with Gasteiger partial charge in [-0.05, 0) is 6.42 Å². The fourth-order valence-electron chi connectivity index (χ4n) is 0.818. The second-order valence-electron chi connectivity index (χ2n) is 3.00. The van der Waals surface area contributed by atoms with E-state index in [0.717, 1.165) is 4.90 Å². The maximum absolute atomic E-state index is 11.8. The predicted octanol–water partition coefficient (Wildman–Crippen LogP) is 2.57. The molecule has 0 bridgehead atoms. The number of hydrogen-bond acceptors (Lipinski definition) is 1. The van der Waals surface area contributed by atoms with E-state index in [1.54, 1.807) is 6.92 Å². The Morgan fingerprint density at radius 1 is 1.50 bits per heavy atom. The molecule has 2 nitrogen and oxygen atoms in total. The zero-order valence-electron chi connectivity index (χ0n) is 8.07. The molecule has 6 heteroatoms. The summed E-state index contributed by atoms with van der Waals surface area (Å²) in [5.41, 5.74) is 0. The van der Waals surface area contributed by atoms with Crippen molar-refractivity contribution in [2.75, 3.05) is 13.6 Å². The van der Waals surface area contributed by atoms with Crippen LogP contribution in [0.25, 0.3) is 0 Å². The number of nitrogens with zero attached hydrogens (tertiary/aromatic N) is 1. The average molecular weight is 276 g/mol. The molecule has 0 aliphatic carbocycles. The van der Waals surface area contributed by atoms with Crippen LogP contribution in [0.3, 0.4) is 0 Å². The first-order valence-electron chi connectivity index (χ1n) is 4.23. The fourth-order valence-corrected chi connectivity index (χ4v) is 1.17. The Labute approximate surface area is 89.6 Å². The standard InChI is InChI=1S/C8H13BrF3NO/c1-3-6(9)7(14)13(2)5-4-8(10,11)12/h6H,3-5H2,1-2H3. The summed E-state index contributed by atoms with van der Waals surface area (Å²) >= 11 is 3.09. The first-order chi connectivity index (χ1) is 6.28. The molecule has 0 aromatic heterocycles. The van der Waals surface area contributed by atoms with Crippen LogP contribution in [-0.4, -0.2) is 35.4 Å². The zero-order valence-corrected chi connectivity index (χ0v) is 9.65. The average Bonchev–Trinajstić information content (AvgIpc) is 2.10. The number of carbonyl (C=O) groups is 1. The molecule has 0 aliphatic heterocycles. The van der Waals surface area contributed by atoms with Gasteiger partial charge in [-0.25, -0.2) is 0 Å². The Bertz CT molecular complexity index is 196. The van der Waals surface area contributed by atoms with E-state index in [-0.39, 0.29) is 17.3 Å². The lowest BCUT2D eigenvalue weighted by Crippen LogP contribution is -2.35. The molecule has 0 radical (unpaired) electrons. The minimum Gasteiger partial charge on any atom is -0.344 e. The van der Waals surface area contributed by atoms with Crippen molar-refractivity contribution >= 4 is 21.8 Å². The quantitative estimate of drug-likeness (QED) is 0.723. The van der Waals surface area contributed by atoms with Gasteiger partial charge < -0.3 is 4.90 Å².